The highest BCUT2D eigenvalue weighted by atomic mass is 32.2. The van der Waals surface area contributed by atoms with Gasteiger partial charge in [-0.1, -0.05) is 23.8 Å². The first-order chi connectivity index (χ1) is 14.4. The number of likely N-dealkylation sites (N-methyl/N-ethyl adjacent to an activating group) is 1. The molecular weight excluding hydrogens is 404 g/mol. The zero-order valence-electron chi connectivity index (χ0n) is 16.9. The summed E-state index contributed by atoms with van der Waals surface area (Å²) < 4.78 is 10.9. The number of amides is 3. The number of thioether (sulfide) groups is 1. The molecule has 2 aromatic carbocycles. The Kier molecular flexibility index (Phi) is 6.79. The molecule has 1 aliphatic heterocycles. The van der Waals surface area contributed by atoms with E-state index in [0.717, 1.165) is 17.3 Å². The molecule has 8 heteroatoms. The van der Waals surface area contributed by atoms with Crippen LogP contribution in [0.15, 0.2) is 47.4 Å². The molecule has 1 N–H and O–H groups in total. The lowest BCUT2D eigenvalue weighted by molar-refractivity contribution is -0.122. The Hall–Kier alpha value is -3.26. The molecule has 0 bridgehead atoms. The van der Waals surface area contributed by atoms with Gasteiger partial charge in [0.05, 0.1) is 12.0 Å². The normalized spacial score (nSPS) is 14.9. The van der Waals surface area contributed by atoms with Crippen molar-refractivity contribution in [2.75, 3.05) is 25.6 Å². The summed E-state index contributed by atoms with van der Waals surface area (Å²) in [6.07, 6.45) is 1.64. The van der Waals surface area contributed by atoms with Gasteiger partial charge in [-0.3, -0.25) is 19.3 Å². The minimum atomic E-state index is -0.306. The Morgan fingerprint density at radius 2 is 1.87 bits per heavy atom. The summed E-state index contributed by atoms with van der Waals surface area (Å²) in [5, 5.41) is 2.49. The molecular formula is C22H22N2O5S. The van der Waals surface area contributed by atoms with E-state index in [1.807, 2.05) is 31.2 Å². The van der Waals surface area contributed by atoms with Crippen molar-refractivity contribution in [2.24, 2.45) is 0 Å². The number of aryl methyl sites for hydroxylation is 1. The molecule has 30 heavy (non-hydrogen) atoms. The van der Waals surface area contributed by atoms with E-state index in [-0.39, 0.29) is 23.7 Å². The molecule has 3 amide bonds. The minimum absolute atomic E-state index is 0.182. The number of nitrogens with one attached hydrogen (secondary N) is 1. The van der Waals surface area contributed by atoms with Crippen LogP contribution in [-0.4, -0.2) is 42.2 Å². The highest BCUT2D eigenvalue weighted by molar-refractivity contribution is 8.18. The van der Waals surface area contributed by atoms with Crippen LogP contribution in [0.5, 0.6) is 11.5 Å². The van der Waals surface area contributed by atoms with Gasteiger partial charge in [0.25, 0.3) is 17.1 Å². The fourth-order valence-corrected chi connectivity index (χ4v) is 3.70. The summed E-state index contributed by atoms with van der Waals surface area (Å²) in [5.41, 5.74) is 2.48. The van der Waals surface area contributed by atoms with Gasteiger partial charge < -0.3 is 14.8 Å². The van der Waals surface area contributed by atoms with Gasteiger partial charge in [-0.25, -0.2) is 0 Å². The SMILES string of the molecule is CCN1C(=O)S/C(=C/c2ccc(OCC(=O)Nc3ccc(C)cc3)c(OC)c2)C1=O. The van der Waals surface area contributed by atoms with Gasteiger partial charge in [-0.15, -0.1) is 0 Å². The Labute approximate surface area is 179 Å². The number of imide groups is 1. The average molecular weight is 426 g/mol. The van der Waals surface area contributed by atoms with Gasteiger partial charge in [0.1, 0.15) is 0 Å². The van der Waals surface area contributed by atoms with Crippen LogP contribution in [0, 0.1) is 6.92 Å². The maximum absolute atomic E-state index is 12.2. The molecule has 0 spiro atoms. The van der Waals surface area contributed by atoms with Crippen molar-refractivity contribution in [3.63, 3.8) is 0 Å². The lowest BCUT2D eigenvalue weighted by atomic mass is 10.2. The van der Waals surface area contributed by atoms with Crippen LogP contribution >= 0.6 is 11.8 Å². The first-order valence-electron chi connectivity index (χ1n) is 9.34. The number of nitrogens with zero attached hydrogens (tertiary/aromatic N) is 1. The molecule has 7 nitrogen and oxygen atoms in total. The van der Waals surface area contributed by atoms with Gasteiger partial charge in [-0.05, 0) is 61.5 Å². The first kappa shape index (κ1) is 21.4. The van der Waals surface area contributed by atoms with Crippen molar-refractivity contribution >= 4 is 40.6 Å². The van der Waals surface area contributed by atoms with Crippen molar-refractivity contribution in [1.29, 1.82) is 0 Å². The van der Waals surface area contributed by atoms with E-state index in [2.05, 4.69) is 5.32 Å². The molecule has 1 fully saturated rings. The van der Waals surface area contributed by atoms with Crippen LogP contribution in [0.3, 0.4) is 0 Å². The predicted octanol–water partition coefficient (Wildman–Crippen LogP) is 4.08. The number of methoxy groups -OCH3 is 1. The van der Waals surface area contributed by atoms with Crippen LogP contribution in [0.1, 0.15) is 18.1 Å². The zero-order chi connectivity index (χ0) is 21.7. The molecule has 1 aliphatic rings. The second kappa shape index (κ2) is 9.49. The van der Waals surface area contributed by atoms with E-state index in [1.165, 1.54) is 12.0 Å². The lowest BCUT2D eigenvalue weighted by Gasteiger charge is -2.12. The van der Waals surface area contributed by atoms with E-state index in [1.54, 1.807) is 31.2 Å². The largest absolute Gasteiger partial charge is 0.493 e. The number of benzene rings is 2. The summed E-state index contributed by atoms with van der Waals surface area (Å²) in [7, 11) is 1.49. The minimum Gasteiger partial charge on any atom is -0.493 e. The molecule has 0 unspecified atom stereocenters. The van der Waals surface area contributed by atoms with Crippen LogP contribution in [0.25, 0.3) is 6.08 Å². The Balaban J connectivity index is 1.66. The number of carbonyl (C=O) groups excluding carboxylic acids is 3. The second-order valence-electron chi connectivity index (χ2n) is 6.54. The van der Waals surface area contributed by atoms with Gasteiger partial charge in [0, 0.05) is 12.2 Å². The molecule has 0 atom stereocenters. The molecule has 0 radical (unpaired) electrons. The van der Waals surface area contributed by atoms with Gasteiger partial charge in [-0.2, -0.15) is 0 Å². The van der Waals surface area contributed by atoms with Crippen molar-refractivity contribution < 1.29 is 23.9 Å². The Morgan fingerprint density at radius 1 is 1.13 bits per heavy atom. The van der Waals surface area contributed by atoms with E-state index in [9.17, 15) is 14.4 Å². The van der Waals surface area contributed by atoms with Crippen LogP contribution in [0.4, 0.5) is 10.5 Å². The summed E-state index contributed by atoms with van der Waals surface area (Å²) in [6.45, 7) is 3.88. The van der Waals surface area contributed by atoms with Gasteiger partial charge in [0.2, 0.25) is 0 Å². The quantitative estimate of drug-likeness (QED) is 0.672. The molecule has 1 saturated heterocycles. The second-order valence-corrected chi connectivity index (χ2v) is 7.53. The number of hydrogen-bond acceptors (Lipinski definition) is 6. The third kappa shape index (κ3) is 5.01. The molecule has 1 heterocycles. The van der Waals surface area contributed by atoms with E-state index < -0.39 is 0 Å². The molecule has 0 saturated carbocycles. The molecule has 0 aromatic heterocycles. The van der Waals surface area contributed by atoms with Crippen LogP contribution < -0.4 is 14.8 Å². The maximum Gasteiger partial charge on any atom is 0.293 e. The number of carbonyl (C=O) groups is 3. The number of ether oxygens (including phenoxy) is 2. The van der Waals surface area contributed by atoms with Crippen LogP contribution in [-0.2, 0) is 9.59 Å². The van der Waals surface area contributed by atoms with Crippen LogP contribution in [0.2, 0.25) is 0 Å². The summed E-state index contributed by atoms with van der Waals surface area (Å²) in [4.78, 5) is 37.7. The van der Waals surface area contributed by atoms with E-state index in [4.69, 9.17) is 9.47 Å². The standard InChI is InChI=1S/C22H22N2O5S/c1-4-24-21(26)19(30-22(24)27)12-15-7-10-17(18(11-15)28-3)29-13-20(25)23-16-8-5-14(2)6-9-16/h5-12H,4,13H2,1-3H3,(H,23,25)/b19-12+. The summed E-state index contributed by atoms with van der Waals surface area (Å²) >= 11 is 0.908. The highest BCUT2D eigenvalue weighted by Gasteiger charge is 2.33. The van der Waals surface area contributed by atoms with Crippen molar-refractivity contribution in [1.82, 2.24) is 4.90 Å². The zero-order valence-corrected chi connectivity index (χ0v) is 17.7. The lowest BCUT2D eigenvalue weighted by Crippen LogP contribution is -2.27. The number of anilines is 1. The summed E-state index contributed by atoms with van der Waals surface area (Å²) in [5.74, 6) is 0.217. The van der Waals surface area contributed by atoms with Crippen molar-refractivity contribution in [3.8, 4) is 11.5 Å². The predicted molar refractivity (Wildman–Crippen MR) is 117 cm³/mol. The molecule has 0 aliphatic carbocycles. The fourth-order valence-electron chi connectivity index (χ4n) is 2.79. The average Bonchev–Trinajstić information content (AvgIpc) is 3.00. The first-order valence-corrected chi connectivity index (χ1v) is 10.2. The highest BCUT2D eigenvalue weighted by Crippen LogP contribution is 2.34. The van der Waals surface area contributed by atoms with E-state index in [0.29, 0.717) is 34.2 Å². The molecule has 2 aromatic rings. The van der Waals surface area contributed by atoms with E-state index >= 15 is 0 Å². The topological polar surface area (TPSA) is 84.9 Å². The Bertz CT molecular complexity index is 1000. The van der Waals surface area contributed by atoms with Crippen molar-refractivity contribution in [2.45, 2.75) is 13.8 Å². The summed E-state index contributed by atoms with van der Waals surface area (Å²) in [6, 6.07) is 12.5. The number of hydrogen-bond donors (Lipinski definition) is 1. The molecule has 3 rings (SSSR count). The number of rotatable bonds is 7. The van der Waals surface area contributed by atoms with Gasteiger partial charge in [0.15, 0.2) is 18.1 Å². The Morgan fingerprint density at radius 3 is 2.50 bits per heavy atom. The maximum atomic E-state index is 12.2. The monoisotopic (exact) mass is 426 g/mol. The van der Waals surface area contributed by atoms with Crippen molar-refractivity contribution in [3.05, 3.63) is 58.5 Å². The third-order valence-corrected chi connectivity index (χ3v) is 5.28. The smallest absolute Gasteiger partial charge is 0.293 e. The fraction of sp³-hybridized carbons (Fsp3) is 0.227. The van der Waals surface area contributed by atoms with Gasteiger partial charge >= 0.3 is 0 Å². The third-order valence-electron chi connectivity index (χ3n) is 4.37. The molecule has 156 valence electrons.